The summed E-state index contributed by atoms with van der Waals surface area (Å²) in [7, 11) is 0. The number of aromatic nitrogens is 2. The van der Waals surface area contributed by atoms with Crippen LogP contribution in [0.2, 0.25) is 0 Å². The number of rotatable bonds is 2. The van der Waals surface area contributed by atoms with Gasteiger partial charge in [0.15, 0.2) is 4.77 Å². The lowest BCUT2D eigenvalue weighted by Crippen LogP contribution is -2.18. The third-order valence-electron chi connectivity index (χ3n) is 2.82. The SMILES string of the molecule is CC(C)(C)c1c[nH]c(=S)n1Cc1ccccc1. The highest BCUT2D eigenvalue weighted by Gasteiger charge is 2.19. The van der Waals surface area contributed by atoms with E-state index in [1.807, 2.05) is 12.3 Å². The minimum atomic E-state index is 0.0995. The number of H-pyrrole nitrogens is 1. The summed E-state index contributed by atoms with van der Waals surface area (Å²) < 4.78 is 2.96. The third kappa shape index (κ3) is 2.67. The molecule has 0 bridgehead atoms. The van der Waals surface area contributed by atoms with Crippen molar-refractivity contribution in [3.05, 3.63) is 52.6 Å². The molecule has 1 aromatic carbocycles. The van der Waals surface area contributed by atoms with Gasteiger partial charge < -0.3 is 9.55 Å². The maximum absolute atomic E-state index is 5.35. The smallest absolute Gasteiger partial charge is 0.177 e. The highest BCUT2D eigenvalue weighted by atomic mass is 32.1. The van der Waals surface area contributed by atoms with Crippen LogP contribution >= 0.6 is 12.2 Å². The molecular weight excluding hydrogens is 228 g/mol. The first-order valence-electron chi connectivity index (χ1n) is 5.81. The van der Waals surface area contributed by atoms with E-state index in [4.69, 9.17) is 12.2 Å². The second-order valence-corrected chi connectivity index (χ2v) is 5.69. The molecule has 0 aliphatic heterocycles. The molecule has 2 rings (SSSR count). The van der Waals surface area contributed by atoms with E-state index < -0.39 is 0 Å². The van der Waals surface area contributed by atoms with Gasteiger partial charge in [-0.2, -0.15) is 0 Å². The summed E-state index contributed by atoms with van der Waals surface area (Å²) in [4.78, 5) is 3.14. The Morgan fingerprint density at radius 2 is 1.82 bits per heavy atom. The molecule has 90 valence electrons. The van der Waals surface area contributed by atoms with E-state index in [0.717, 1.165) is 11.3 Å². The summed E-state index contributed by atoms with van der Waals surface area (Å²) in [5.41, 5.74) is 2.61. The Morgan fingerprint density at radius 3 is 2.41 bits per heavy atom. The fourth-order valence-electron chi connectivity index (χ4n) is 1.94. The van der Waals surface area contributed by atoms with Crippen molar-refractivity contribution in [3.63, 3.8) is 0 Å². The molecule has 0 saturated carbocycles. The Bertz CT molecular complexity index is 544. The van der Waals surface area contributed by atoms with E-state index in [-0.39, 0.29) is 5.41 Å². The normalized spacial score (nSPS) is 11.7. The molecule has 2 nitrogen and oxygen atoms in total. The Kier molecular flexibility index (Phi) is 3.20. The van der Waals surface area contributed by atoms with Crippen molar-refractivity contribution in [1.29, 1.82) is 0 Å². The quantitative estimate of drug-likeness (QED) is 0.797. The number of aromatic amines is 1. The Hall–Kier alpha value is -1.35. The first kappa shape index (κ1) is 12.1. The standard InChI is InChI=1S/C14H18N2S/c1-14(2,3)12-9-15-13(17)16(12)10-11-7-5-4-6-8-11/h4-9H,10H2,1-3H3,(H,15,17). The van der Waals surface area contributed by atoms with Gasteiger partial charge in [0.2, 0.25) is 0 Å². The fraction of sp³-hybridized carbons (Fsp3) is 0.357. The van der Waals surface area contributed by atoms with Gasteiger partial charge in [0.25, 0.3) is 0 Å². The molecule has 3 heteroatoms. The topological polar surface area (TPSA) is 20.7 Å². The number of hydrogen-bond acceptors (Lipinski definition) is 1. The molecule has 0 atom stereocenters. The van der Waals surface area contributed by atoms with Crippen LogP contribution < -0.4 is 0 Å². The van der Waals surface area contributed by atoms with Crippen molar-refractivity contribution in [1.82, 2.24) is 9.55 Å². The Balaban J connectivity index is 2.40. The lowest BCUT2D eigenvalue weighted by atomic mass is 9.92. The van der Waals surface area contributed by atoms with Crippen LogP contribution in [0.5, 0.6) is 0 Å². The van der Waals surface area contributed by atoms with E-state index in [0.29, 0.717) is 0 Å². The molecule has 17 heavy (non-hydrogen) atoms. The maximum Gasteiger partial charge on any atom is 0.177 e. The van der Waals surface area contributed by atoms with Gasteiger partial charge in [-0.25, -0.2) is 0 Å². The fourth-order valence-corrected chi connectivity index (χ4v) is 2.16. The Morgan fingerprint density at radius 1 is 1.18 bits per heavy atom. The summed E-state index contributed by atoms with van der Waals surface area (Å²) in [5, 5.41) is 0. The Labute approximate surface area is 107 Å². The lowest BCUT2D eigenvalue weighted by molar-refractivity contribution is 0.529. The summed E-state index contributed by atoms with van der Waals surface area (Å²) in [5.74, 6) is 0. The zero-order chi connectivity index (χ0) is 12.5. The molecule has 0 unspecified atom stereocenters. The van der Waals surface area contributed by atoms with Crippen molar-refractivity contribution in [2.45, 2.75) is 32.7 Å². The van der Waals surface area contributed by atoms with Crippen LogP contribution in [0, 0.1) is 4.77 Å². The minimum absolute atomic E-state index is 0.0995. The highest BCUT2D eigenvalue weighted by Crippen LogP contribution is 2.23. The van der Waals surface area contributed by atoms with Crippen LogP contribution in [0.3, 0.4) is 0 Å². The van der Waals surface area contributed by atoms with Crippen LogP contribution in [0.25, 0.3) is 0 Å². The van der Waals surface area contributed by atoms with Gasteiger partial charge in [0, 0.05) is 17.3 Å². The summed E-state index contributed by atoms with van der Waals surface area (Å²) in [6.07, 6.45) is 2.02. The number of nitrogens with zero attached hydrogens (tertiary/aromatic N) is 1. The summed E-state index contributed by atoms with van der Waals surface area (Å²) in [6, 6.07) is 10.4. The number of hydrogen-bond donors (Lipinski definition) is 1. The van der Waals surface area contributed by atoms with Gasteiger partial charge in [0.05, 0.1) is 6.54 Å². The second kappa shape index (κ2) is 4.49. The molecular formula is C14H18N2S. The van der Waals surface area contributed by atoms with Gasteiger partial charge in [-0.15, -0.1) is 0 Å². The number of imidazole rings is 1. The van der Waals surface area contributed by atoms with E-state index in [2.05, 4.69) is 54.6 Å². The van der Waals surface area contributed by atoms with E-state index in [1.54, 1.807) is 0 Å². The molecule has 1 heterocycles. The zero-order valence-corrected chi connectivity index (χ0v) is 11.3. The van der Waals surface area contributed by atoms with Crippen LogP contribution in [0.1, 0.15) is 32.0 Å². The summed E-state index contributed by atoms with van der Waals surface area (Å²) in [6.45, 7) is 7.43. The van der Waals surface area contributed by atoms with E-state index in [9.17, 15) is 0 Å². The molecule has 2 aromatic rings. The molecule has 1 N–H and O–H groups in total. The molecule has 0 saturated heterocycles. The van der Waals surface area contributed by atoms with Crippen molar-refractivity contribution < 1.29 is 0 Å². The molecule has 0 aliphatic rings. The molecule has 0 aliphatic carbocycles. The largest absolute Gasteiger partial charge is 0.337 e. The average Bonchev–Trinajstić information content (AvgIpc) is 2.62. The average molecular weight is 246 g/mol. The first-order valence-corrected chi connectivity index (χ1v) is 6.22. The van der Waals surface area contributed by atoms with Crippen molar-refractivity contribution in [3.8, 4) is 0 Å². The van der Waals surface area contributed by atoms with Crippen LogP contribution in [-0.4, -0.2) is 9.55 Å². The molecule has 1 aromatic heterocycles. The van der Waals surface area contributed by atoms with Gasteiger partial charge in [-0.05, 0) is 17.8 Å². The summed E-state index contributed by atoms with van der Waals surface area (Å²) >= 11 is 5.35. The number of nitrogens with one attached hydrogen (secondary N) is 1. The third-order valence-corrected chi connectivity index (χ3v) is 3.16. The first-order chi connectivity index (χ1) is 7.98. The van der Waals surface area contributed by atoms with Gasteiger partial charge in [0.1, 0.15) is 0 Å². The minimum Gasteiger partial charge on any atom is -0.337 e. The van der Waals surface area contributed by atoms with E-state index in [1.165, 1.54) is 11.3 Å². The van der Waals surface area contributed by atoms with Gasteiger partial charge >= 0.3 is 0 Å². The van der Waals surface area contributed by atoms with Crippen LogP contribution in [0.4, 0.5) is 0 Å². The van der Waals surface area contributed by atoms with Crippen molar-refractivity contribution >= 4 is 12.2 Å². The molecule has 0 radical (unpaired) electrons. The maximum atomic E-state index is 5.35. The molecule has 0 fully saturated rings. The van der Waals surface area contributed by atoms with Crippen molar-refractivity contribution in [2.75, 3.05) is 0 Å². The second-order valence-electron chi connectivity index (χ2n) is 5.30. The van der Waals surface area contributed by atoms with E-state index >= 15 is 0 Å². The van der Waals surface area contributed by atoms with Crippen LogP contribution in [0.15, 0.2) is 36.5 Å². The predicted molar refractivity (Wildman–Crippen MR) is 73.9 cm³/mol. The zero-order valence-electron chi connectivity index (χ0n) is 10.5. The van der Waals surface area contributed by atoms with Gasteiger partial charge in [-0.1, -0.05) is 51.1 Å². The van der Waals surface area contributed by atoms with Crippen molar-refractivity contribution in [2.24, 2.45) is 0 Å². The van der Waals surface area contributed by atoms with Gasteiger partial charge in [-0.3, -0.25) is 0 Å². The highest BCUT2D eigenvalue weighted by molar-refractivity contribution is 7.71. The lowest BCUT2D eigenvalue weighted by Gasteiger charge is -2.20. The van der Waals surface area contributed by atoms with Crippen LogP contribution in [-0.2, 0) is 12.0 Å². The monoisotopic (exact) mass is 246 g/mol. The molecule has 0 amide bonds. The predicted octanol–water partition coefficient (Wildman–Crippen LogP) is 3.89. The number of benzene rings is 1. The molecule has 0 spiro atoms.